The summed E-state index contributed by atoms with van der Waals surface area (Å²) >= 11 is 0. The molecule has 182 valence electrons. The van der Waals surface area contributed by atoms with Crippen molar-refractivity contribution in [3.63, 3.8) is 0 Å². The van der Waals surface area contributed by atoms with Crippen LogP contribution in [0.4, 0.5) is 0 Å². The van der Waals surface area contributed by atoms with Gasteiger partial charge in [0.05, 0.1) is 17.8 Å². The molecule has 2 nitrogen and oxygen atoms in total. The number of aliphatic hydroxyl groups excluding tert-OH is 1. The SMILES string of the molecule is C=C(CC[C@@H]1OC1(C)C)[C@H]1CC[C@]2(C)[C@@H]1CC[C@@H]1[C@@]3(C)CC[C@H](O)C(C)(C)[C@H]3CC[C@]12C. The average molecular weight is 443 g/mol. The van der Waals surface area contributed by atoms with Gasteiger partial charge in [0.1, 0.15) is 0 Å². The third-order valence-corrected chi connectivity index (χ3v) is 12.8. The molecule has 4 aliphatic carbocycles. The molecule has 0 aromatic heterocycles. The van der Waals surface area contributed by atoms with Gasteiger partial charge in [0.25, 0.3) is 0 Å². The minimum Gasteiger partial charge on any atom is -0.393 e. The summed E-state index contributed by atoms with van der Waals surface area (Å²) in [5.41, 5.74) is 2.92. The molecule has 0 radical (unpaired) electrons. The highest BCUT2D eigenvalue weighted by Gasteiger charge is 2.68. The van der Waals surface area contributed by atoms with Crippen molar-refractivity contribution in [1.29, 1.82) is 0 Å². The van der Waals surface area contributed by atoms with Gasteiger partial charge in [-0.15, -0.1) is 0 Å². The van der Waals surface area contributed by atoms with Crippen molar-refractivity contribution in [3.05, 3.63) is 12.2 Å². The highest BCUT2D eigenvalue weighted by molar-refractivity contribution is 5.20. The second-order valence-corrected chi connectivity index (χ2v) is 14.6. The molecule has 1 aliphatic heterocycles. The molecule has 5 rings (SSSR count). The topological polar surface area (TPSA) is 32.8 Å². The lowest BCUT2D eigenvalue weighted by molar-refractivity contribution is -0.220. The molecule has 0 bridgehead atoms. The summed E-state index contributed by atoms with van der Waals surface area (Å²) in [6.07, 6.45) is 13.0. The molecule has 9 atom stereocenters. The van der Waals surface area contributed by atoms with Crippen LogP contribution in [0.2, 0.25) is 0 Å². The number of fused-ring (bicyclic) bond motifs is 5. The zero-order chi connectivity index (χ0) is 23.3. The number of epoxide rings is 1. The molecule has 2 heteroatoms. The molecular weight excluding hydrogens is 392 g/mol. The molecule has 1 N–H and O–H groups in total. The van der Waals surface area contributed by atoms with Gasteiger partial charge in [-0.3, -0.25) is 0 Å². The molecule has 32 heavy (non-hydrogen) atoms. The number of hydrogen-bond donors (Lipinski definition) is 1. The van der Waals surface area contributed by atoms with Crippen molar-refractivity contribution in [2.24, 2.45) is 45.3 Å². The largest absolute Gasteiger partial charge is 0.393 e. The van der Waals surface area contributed by atoms with E-state index in [1.165, 1.54) is 50.5 Å². The fourth-order valence-corrected chi connectivity index (χ4v) is 10.5. The van der Waals surface area contributed by atoms with E-state index >= 15 is 0 Å². The van der Waals surface area contributed by atoms with Crippen LogP contribution in [0.15, 0.2) is 12.2 Å². The quantitative estimate of drug-likeness (QED) is 0.360. The van der Waals surface area contributed by atoms with Gasteiger partial charge in [0.15, 0.2) is 0 Å². The Hall–Kier alpha value is -0.340. The van der Waals surface area contributed by atoms with E-state index in [-0.39, 0.29) is 17.1 Å². The fraction of sp³-hybridized carbons (Fsp3) is 0.933. The normalized spacial score (nSPS) is 53.1. The Labute approximate surface area is 198 Å². The lowest BCUT2D eigenvalue weighted by Gasteiger charge is -2.69. The maximum absolute atomic E-state index is 10.9. The van der Waals surface area contributed by atoms with E-state index in [2.05, 4.69) is 55.0 Å². The van der Waals surface area contributed by atoms with E-state index in [1.807, 2.05) is 0 Å². The second kappa shape index (κ2) is 7.09. The van der Waals surface area contributed by atoms with Gasteiger partial charge in [0, 0.05) is 0 Å². The Morgan fingerprint density at radius 1 is 0.844 bits per heavy atom. The van der Waals surface area contributed by atoms with Gasteiger partial charge >= 0.3 is 0 Å². The van der Waals surface area contributed by atoms with Crippen LogP contribution in [0, 0.1) is 45.3 Å². The molecule has 0 aromatic rings. The monoisotopic (exact) mass is 442 g/mol. The van der Waals surface area contributed by atoms with Crippen LogP contribution in [0.25, 0.3) is 0 Å². The molecule has 5 fully saturated rings. The predicted octanol–water partition coefficient (Wildman–Crippen LogP) is 7.55. The van der Waals surface area contributed by atoms with E-state index in [9.17, 15) is 5.11 Å². The second-order valence-electron chi connectivity index (χ2n) is 14.6. The van der Waals surface area contributed by atoms with E-state index in [1.54, 1.807) is 0 Å². The molecule has 0 aromatic carbocycles. The molecular formula is C30H50O2. The van der Waals surface area contributed by atoms with Crippen molar-refractivity contribution in [1.82, 2.24) is 0 Å². The van der Waals surface area contributed by atoms with Crippen LogP contribution >= 0.6 is 0 Å². The summed E-state index contributed by atoms with van der Waals surface area (Å²) in [5, 5.41) is 10.9. The van der Waals surface area contributed by atoms with Crippen molar-refractivity contribution >= 4 is 0 Å². The molecule has 0 spiro atoms. The first-order chi connectivity index (χ1) is 14.8. The van der Waals surface area contributed by atoms with Gasteiger partial charge in [-0.2, -0.15) is 0 Å². The standard InChI is InChI=1S/C30H50O2/c1-19(9-12-25-27(4,5)32-25)20-13-17-29(7)21(20)10-11-23-28(6)16-15-24(31)26(2,3)22(28)14-18-30(23,29)8/h20-25,31H,1,9-18H2,2-8H3/t20-,21-,22-,23-,24+,25+,28+,29-,30-/m1/s1. The first-order valence-corrected chi connectivity index (χ1v) is 13.8. The number of hydrogen-bond acceptors (Lipinski definition) is 2. The number of ether oxygens (including phenoxy) is 1. The van der Waals surface area contributed by atoms with Crippen LogP contribution in [-0.2, 0) is 4.74 Å². The van der Waals surface area contributed by atoms with E-state index in [4.69, 9.17) is 4.74 Å². The van der Waals surface area contributed by atoms with Crippen molar-refractivity contribution in [3.8, 4) is 0 Å². The van der Waals surface area contributed by atoms with E-state index in [0.29, 0.717) is 28.3 Å². The number of allylic oxidation sites excluding steroid dienone is 1. The zero-order valence-corrected chi connectivity index (χ0v) is 22.1. The van der Waals surface area contributed by atoms with Gasteiger partial charge in [-0.1, -0.05) is 46.8 Å². The Bertz CT molecular complexity index is 782. The van der Waals surface area contributed by atoms with Crippen LogP contribution in [-0.4, -0.2) is 22.9 Å². The summed E-state index contributed by atoms with van der Waals surface area (Å²) in [7, 11) is 0. The number of rotatable bonds is 4. The summed E-state index contributed by atoms with van der Waals surface area (Å²) in [5.74, 6) is 2.99. The first kappa shape index (κ1) is 23.4. The summed E-state index contributed by atoms with van der Waals surface area (Å²) in [4.78, 5) is 0. The van der Waals surface area contributed by atoms with Gasteiger partial charge in [-0.05, 0) is 123 Å². The average Bonchev–Trinajstić information content (AvgIpc) is 3.15. The maximum Gasteiger partial charge on any atom is 0.0892 e. The van der Waals surface area contributed by atoms with Gasteiger partial charge < -0.3 is 9.84 Å². The summed E-state index contributed by atoms with van der Waals surface area (Å²) in [6, 6.07) is 0. The van der Waals surface area contributed by atoms with Crippen LogP contribution in [0.5, 0.6) is 0 Å². The maximum atomic E-state index is 10.9. The molecule has 0 unspecified atom stereocenters. The Morgan fingerprint density at radius 2 is 1.50 bits per heavy atom. The van der Waals surface area contributed by atoms with Gasteiger partial charge in [0.2, 0.25) is 0 Å². The van der Waals surface area contributed by atoms with Crippen LogP contribution in [0.3, 0.4) is 0 Å². The molecule has 5 aliphatic rings. The molecule has 1 saturated heterocycles. The molecule has 0 amide bonds. The number of aliphatic hydroxyl groups is 1. The van der Waals surface area contributed by atoms with Crippen molar-refractivity contribution < 1.29 is 9.84 Å². The molecule has 1 heterocycles. The lowest BCUT2D eigenvalue weighted by Crippen LogP contribution is -2.63. The minimum atomic E-state index is -0.128. The Balaban J connectivity index is 1.36. The molecule has 4 saturated carbocycles. The zero-order valence-electron chi connectivity index (χ0n) is 22.1. The smallest absolute Gasteiger partial charge is 0.0892 e. The highest BCUT2D eigenvalue weighted by atomic mass is 16.6. The third kappa shape index (κ3) is 3.03. The third-order valence-electron chi connectivity index (χ3n) is 12.8. The highest BCUT2D eigenvalue weighted by Crippen LogP contribution is 2.75. The fourth-order valence-electron chi connectivity index (χ4n) is 10.5. The van der Waals surface area contributed by atoms with Crippen molar-refractivity contribution in [2.45, 2.75) is 130 Å². The Morgan fingerprint density at radius 3 is 2.16 bits per heavy atom. The lowest BCUT2D eigenvalue weighted by atomic mass is 9.35. The van der Waals surface area contributed by atoms with Crippen LogP contribution < -0.4 is 0 Å². The first-order valence-electron chi connectivity index (χ1n) is 13.8. The van der Waals surface area contributed by atoms with E-state index < -0.39 is 0 Å². The minimum absolute atomic E-state index is 0.0528. The van der Waals surface area contributed by atoms with Crippen LogP contribution in [0.1, 0.15) is 113 Å². The summed E-state index contributed by atoms with van der Waals surface area (Å²) in [6.45, 7) is 21.8. The van der Waals surface area contributed by atoms with Crippen molar-refractivity contribution in [2.75, 3.05) is 0 Å². The summed E-state index contributed by atoms with van der Waals surface area (Å²) < 4.78 is 5.86. The van der Waals surface area contributed by atoms with Gasteiger partial charge in [-0.25, -0.2) is 0 Å². The predicted molar refractivity (Wildman–Crippen MR) is 132 cm³/mol. The Kier molecular flexibility index (Phi) is 5.19. The van der Waals surface area contributed by atoms with E-state index in [0.717, 1.165) is 37.0 Å².